The van der Waals surface area contributed by atoms with Gasteiger partial charge in [0.1, 0.15) is 18.2 Å². The van der Waals surface area contributed by atoms with Crippen molar-refractivity contribution in [2.45, 2.75) is 39.3 Å². The highest BCUT2D eigenvalue weighted by Gasteiger charge is 2.23. The first-order valence-electron chi connectivity index (χ1n) is 5.49. The zero-order valence-electron chi connectivity index (χ0n) is 11.3. The summed E-state index contributed by atoms with van der Waals surface area (Å²) in [6.45, 7) is 6.16. The summed E-state index contributed by atoms with van der Waals surface area (Å²) < 4.78 is 4.98. The van der Waals surface area contributed by atoms with Gasteiger partial charge in [-0.15, -0.1) is 0 Å². The summed E-state index contributed by atoms with van der Waals surface area (Å²) in [5.74, 6) is -1.61. The highest BCUT2D eigenvalue weighted by atomic mass is 16.6. The molecule has 0 aromatic carbocycles. The van der Waals surface area contributed by atoms with Crippen LogP contribution in [-0.4, -0.2) is 53.2 Å². The van der Waals surface area contributed by atoms with E-state index in [0.717, 1.165) is 4.90 Å². The summed E-state index contributed by atoms with van der Waals surface area (Å²) in [6.07, 6.45) is -0.716. The lowest BCUT2D eigenvalue weighted by Crippen LogP contribution is -2.48. The zero-order valence-corrected chi connectivity index (χ0v) is 11.3. The Bertz CT molecular complexity index is 335. The summed E-state index contributed by atoms with van der Waals surface area (Å²) in [7, 11) is 1.35. The minimum Gasteiger partial charge on any atom is -0.480 e. The summed E-state index contributed by atoms with van der Waals surface area (Å²) in [5.41, 5.74) is -0.653. The normalized spacial score (nSPS) is 12.5. The number of hydrogen-bond acceptors (Lipinski definition) is 4. The van der Waals surface area contributed by atoms with E-state index in [-0.39, 0.29) is 0 Å². The average Bonchev–Trinajstić information content (AvgIpc) is 2.11. The minimum absolute atomic E-state index is 0.417. The number of carboxylic acids is 1. The molecule has 2 amide bonds. The van der Waals surface area contributed by atoms with Crippen LogP contribution in [0.4, 0.5) is 4.79 Å². The van der Waals surface area contributed by atoms with E-state index in [1.807, 2.05) is 0 Å². The van der Waals surface area contributed by atoms with Gasteiger partial charge < -0.3 is 20.1 Å². The Morgan fingerprint density at radius 2 is 1.83 bits per heavy atom. The summed E-state index contributed by atoms with van der Waals surface area (Å²) >= 11 is 0. The summed E-state index contributed by atoms with van der Waals surface area (Å²) in [5, 5.41) is 10.9. The van der Waals surface area contributed by atoms with Crippen LogP contribution in [0, 0.1) is 0 Å². The number of aliphatic carboxylic acids is 1. The van der Waals surface area contributed by atoms with Gasteiger partial charge in [-0.2, -0.15) is 0 Å². The fourth-order valence-electron chi connectivity index (χ4n) is 1.16. The minimum atomic E-state index is -1.12. The molecule has 0 fully saturated rings. The number of rotatable bonds is 4. The standard InChI is InChI=1S/C11H20N2O5/c1-7(9(16)13(5)6-8(14)15)12-10(17)18-11(2,3)4/h7H,6H2,1-5H3,(H,12,17)(H,14,15)/t7-/m0/s1. The molecule has 2 N–H and O–H groups in total. The molecule has 0 radical (unpaired) electrons. The number of carbonyl (C=O) groups is 3. The van der Waals surface area contributed by atoms with Crippen LogP contribution in [0.15, 0.2) is 0 Å². The highest BCUT2D eigenvalue weighted by molar-refractivity contribution is 5.87. The molecule has 0 aliphatic heterocycles. The van der Waals surface area contributed by atoms with Crippen molar-refractivity contribution in [3.05, 3.63) is 0 Å². The van der Waals surface area contributed by atoms with Crippen LogP contribution in [0.5, 0.6) is 0 Å². The van der Waals surface area contributed by atoms with E-state index in [1.165, 1.54) is 14.0 Å². The first kappa shape index (κ1) is 16.2. The molecule has 0 rings (SSSR count). The molecule has 0 spiro atoms. The topological polar surface area (TPSA) is 95.9 Å². The van der Waals surface area contributed by atoms with Crippen molar-refractivity contribution in [3.8, 4) is 0 Å². The smallest absolute Gasteiger partial charge is 0.408 e. The second-order valence-electron chi connectivity index (χ2n) is 4.96. The zero-order chi connectivity index (χ0) is 14.5. The average molecular weight is 260 g/mol. The molecule has 0 aromatic heterocycles. The third-order valence-electron chi connectivity index (χ3n) is 1.85. The number of ether oxygens (including phenoxy) is 1. The fourth-order valence-corrected chi connectivity index (χ4v) is 1.16. The number of nitrogens with one attached hydrogen (secondary N) is 1. The monoisotopic (exact) mass is 260 g/mol. The van der Waals surface area contributed by atoms with Crippen molar-refractivity contribution in [2.24, 2.45) is 0 Å². The van der Waals surface area contributed by atoms with Gasteiger partial charge in [-0.25, -0.2) is 4.79 Å². The molecule has 0 unspecified atom stereocenters. The Balaban J connectivity index is 4.32. The van der Waals surface area contributed by atoms with Gasteiger partial charge in [-0.3, -0.25) is 9.59 Å². The molecule has 18 heavy (non-hydrogen) atoms. The first-order valence-corrected chi connectivity index (χ1v) is 5.49. The van der Waals surface area contributed by atoms with Crippen molar-refractivity contribution in [1.82, 2.24) is 10.2 Å². The number of alkyl carbamates (subject to hydrolysis) is 1. The lowest BCUT2D eigenvalue weighted by atomic mass is 10.2. The molecular formula is C11H20N2O5. The fraction of sp³-hybridized carbons (Fsp3) is 0.727. The van der Waals surface area contributed by atoms with Gasteiger partial charge in [0.25, 0.3) is 0 Å². The van der Waals surface area contributed by atoms with Crippen LogP contribution in [0.3, 0.4) is 0 Å². The molecule has 7 nitrogen and oxygen atoms in total. The van der Waals surface area contributed by atoms with Gasteiger partial charge in [0.15, 0.2) is 0 Å². The SMILES string of the molecule is C[C@H](NC(=O)OC(C)(C)C)C(=O)N(C)CC(=O)O. The van der Waals surface area contributed by atoms with Crippen LogP contribution in [0.1, 0.15) is 27.7 Å². The number of likely N-dealkylation sites (N-methyl/N-ethyl adjacent to an activating group) is 1. The second kappa shape index (κ2) is 6.23. The maximum absolute atomic E-state index is 11.7. The molecule has 0 bridgehead atoms. The van der Waals surface area contributed by atoms with Gasteiger partial charge in [-0.05, 0) is 27.7 Å². The van der Waals surface area contributed by atoms with E-state index in [0.29, 0.717) is 0 Å². The largest absolute Gasteiger partial charge is 0.480 e. The predicted molar refractivity (Wildman–Crippen MR) is 64.1 cm³/mol. The molecular weight excluding hydrogens is 240 g/mol. The van der Waals surface area contributed by atoms with E-state index in [1.54, 1.807) is 20.8 Å². The number of carbonyl (C=O) groups excluding carboxylic acids is 2. The number of amides is 2. The van der Waals surface area contributed by atoms with Crippen LogP contribution < -0.4 is 5.32 Å². The number of nitrogens with zero attached hydrogens (tertiary/aromatic N) is 1. The van der Waals surface area contributed by atoms with Crippen LogP contribution in [0.25, 0.3) is 0 Å². The van der Waals surface area contributed by atoms with Gasteiger partial charge in [-0.1, -0.05) is 0 Å². The molecule has 7 heteroatoms. The molecule has 0 saturated carbocycles. The third kappa shape index (κ3) is 6.72. The maximum Gasteiger partial charge on any atom is 0.408 e. The van der Waals surface area contributed by atoms with Crippen molar-refractivity contribution in [2.75, 3.05) is 13.6 Å². The summed E-state index contributed by atoms with van der Waals surface area (Å²) in [6, 6.07) is -0.843. The van der Waals surface area contributed by atoms with Crippen LogP contribution in [-0.2, 0) is 14.3 Å². The number of carboxylic acid groups (broad SMARTS) is 1. The Hall–Kier alpha value is -1.79. The molecule has 0 heterocycles. The van der Waals surface area contributed by atoms with Crippen molar-refractivity contribution >= 4 is 18.0 Å². The molecule has 0 aliphatic rings. The van der Waals surface area contributed by atoms with Crippen molar-refractivity contribution < 1.29 is 24.2 Å². The number of hydrogen-bond donors (Lipinski definition) is 2. The summed E-state index contributed by atoms with van der Waals surface area (Å²) in [4.78, 5) is 34.5. The predicted octanol–water partition coefficient (Wildman–Crippen LogP) is 0.443. The van der Waals surface area contributed by atoms with Gasteiger partial charge in [0.2, 0.25) is 5.91 Å². The third-order valence-corrected chi connectivity index (χ3v) is 1.85. The Morgan fingerprint density at radius 1 is 1.33 bits per heavy atom. The van der Waals surface area contributed by atoms with E-state index in [4.69, 9.17) is 9.84 Å². The molecule has 0 aliphatic carbocycles. The van der Waals surface area contributed by atoms with Gasteiger partial charge in [0, 0.05) is 7.05 Å². The Morgan fingerprint density at radius 3 is 2.22 bits per heavy atom. The molecule has 0 aromatic rings. The van der Waals surface area contributed by atoms with Crippen molar-refractivity contribution in [1.29, 1.82) is 0 Å². The van der Waals surface area contributed by atoms with E-state index < -0.39 is 36.2 Å². The molecule has 0 saturated heterocycles. The second-order valence-corrected chi connectivity index (χ2v) is 4.96. The van der Waals surface area contributed by atoms with Gasteiger partial charge >= 0.3 is 12.1 Å². The first-order chi connectivity index (χ1) is 8.03. The lowest BCUT2D eigenvalue weighted by molar-refractivity contribution is -0.144. The quantitative estimate of drug-likeness (QED) is 0.764. The van der Waals surface area contributed by atoms with E-state index in [2.05, 4.69) is 5.32 Å². The molecule has 1 atom stereocenters. The lowest BCUT2D eigenvalue weighted by Gasteiger charge is -2.23. The van der Waals surface area contributed by atoms with E-state index >= 15 is 0 Å². The van der Waals surface area contributed by atoms with Gasteiger partial charge in [0.05, 0.1) is 0 Å². The van der Waals surface area contributed by atoms with E-state index in [9.17, 15) is 14.4 Å². The van der Waals surface area contributed by atoms with Crippen LogP contribution in [0.2, 0.25) is 0 Å². The Labute approximate surface area is 106 Å². The van der Waals surface area contributed by atoms with Crippen LogP contribution >= 0.6 is 0 Å². The highest BCUT2D eigenvalue weighted by Crippen LogP contribution is 2.06. The maximum atomic E-state index is 11.7. The van der Waals surface area contributed by atoms with Crippen molar-refractivity contribution in [3.63, 3.8) is 0 Å². The molecule has 104 valence electrons. The Kier molecular flexibility index (Phi) is 5.61.